The number of para-hydroxylation sites is 2. The smallest absolute Gasteiger partial charge is 0.238 e. The number of hydrogen-bond donors (Lipinski definition) is 0. The van der Waals surface area contributed by atoms with Crippen molar-refractivity contribution in [2.45, 2.75) is 0 Å². The van der Waals surface area contributed by atoms with Crippen LogP contribution in [0.4, 0.5) is 0 Å². The molecule has 0 radical (unpaired) electrons. The molecule has 0 N–H and O–H groups in total. The van der Waals surface area contributed by atoms with E-state index in [2.05, 4.69) is 124 Å². The lowest BCUT2D eigenvalue weighted by Crippen LogP contribution is -2.06. The lowest BCUT2D eigenvalue weighted by atomic mass is 10.0. The van der Waals surface area contributed by atoms with E-state index in [1.165, 1.54) is 38.0 Å². The fraction of sp³-hybridized carbons (Fsp3) is 0. The van der Waals surface area contributed by atoms with Crippen LogP contribution in [0.1, 0.15) is 0 Å². The molecule has 3 aromatic heterocycles. The Bertz CT molecular complexity index is 3120. The Morgan fingerprint density at radius 3 is 1.42 bits per heavy atom. The van der Waals surface area contributed by atoms with E-state index in [-0.39, 0.29) is 0 Å². The van der Waals surface area contributed by atoms with Gasteiger partial charge in [0, 0.05) is 38.4 Å². The van der Waals surface area contributed by atoms with Crippen molar-refractivity contribution >= 4 is 65.2 Å². The highest BCUT2D eigenvalue weighted by atomic mass is 15.2. The van der Waals surface area contributed by atoms with Gasteiger partial charge in [0.2, 0.25) is 5.95 Å². The lowest BCUT2D eigenvalue weighted by Gasteiger charge is -2.12. The van der Waals surface area contributed by atoms with Crippen molar-refractivity contribution < 1.29 is 0 Å². The molecule has 0 amide bonds. The monoisotopic (exact) mass is 663 g/mol. The van der Waals surface area contributed by atoms with E-state index in [9.17, 15) is 0 Å². The second kappa shape index (κ2) is 11.2. The number of rotatable bonds is 4. The van der Waals surface area contributed by atoms with Crippen LogP contribution in [0.3, 0.4) is 0 Å². The summed E-state index contributed by atoms with van der Waals surface area (Å²) in [7, 11) is 0. The summed E-state index contributed by atoms with van der Waals surface area (Å²) in [6.07, 6.45) is 0. The zero-order valence-corrected chi connectivity index (χ0v) is 28.0. The van der Waals surface area contributed by atoms with Crippen LogP contribution >= 0.6 is 0 Å². The molecule has 242 valence electrons. The van der Waals surface area contributed by atoms with E-state index in [1.807, 2.05) is 60.7 Å². The molecule has 11 rings (SSSR count). The zero-order valence-electron chi connectivity index (χ0n) is 28.0. The van der Waals surface area contributed by atoms with Crippen LogP contribution in [-0.4, -0.2) is 24.1 Å². The van der Waals surface area contributed by atoms with Gasteiger partial charge in [0.1, 0.15) is 0 Å². The van der Waals surface area contributed by atoms with Gasteiger partial charge in [-0.05, 0) is 70.1 Å². The maximum atomic E-state index is 5.14. The Hall–Kier alpha value is -7.11. The standard InChI is InChI=1S/C47H29N5/c1-3-13-30(14-4-1)45-48-46(31-15-5-2-6-16-31)50-47(49-45)52-42-22-12-10-20-38(42)40-27-34-23-24-36(25-35(34)29-44(40)52)51-41-21-11-9-19-37(41)39-26-32-17-7-8-18-33(32)28-43(39)51/h1-29H. The van der Waals surface area contributed by atoms with Gasteiger partial charge in [0.15, 0.2) is 11.6 Å². The van der Waals surface area contributed by atoms with Gasteiger partial charge in [-0.2, -0.15) is 9.97 Å². The summed E-state index contributed by atoms with van der Waals surface area (Å²) >= 11 is 0. The first-order valence-electron chi connectivity index (χ1n) is 17.5. The van der Waals surface area contributed by atoms with Gasteiger partial charge in [-0.15, -0.1) is 0 Å². The number of benzene rings is 8. The van der Waals surface area contributed by atoms with Crippen LogP contribution in [0.5, 0.6) is 0 Å². The number of fused-ring (bicyclic) bond motifs is 8. The predicted molar refractivity (Wildman–Crippen MR) is 214 cm³/mol. The Kier molecular flexibility index (Phi) is 6.18. The molecule has 0 spiro atoms. The van der Waals surface area contributed by atoms with Crippen molar-refractivity contribution in [2.75, 3.05) is 0 Å². The van der Waals surface area contributed by atoms with Gasteiger partial charge in [-0.3, -0.25) is 4.57 Å². The molecule has 3 heterocycles. The minimum absolute atomic E-state index is 0.587. The average Bonchev–Trinajstić information content (AvgIpc) is 3.71. The van der Waals surface area contributed by atoms with E-state index in [0.717, 1.165) is 44.0 Å². The Morgan fingerprint density at radius 2 is 0.788 bits per heavy atom. The maximum Gasteiger partial charge on any atom is 0.238 e. The summed E-state index contributed by atoms with van der Waals surface area (Å²) in [5, 5.41) is 9.60. The van der Waals surface area contributed by atoms with Crippen molar-refractivity contribution in [1.29, 1.82) is 0 Å². The fourth-order valence-corrected chi connectivity index (χ4v) is 7.89. The van der Waals surface area contributed by atoms with Gasteiger partial charge in [-0.1, -0.05) is 127 Å². The highest BCUT2D eigenvalue weighted by Gasteiger charge is 2.19. The van der Waals surface area contributed by atoms with Crippen LogP contribution < -0.4 is 0 Å². The summed E-state index contributed by atoms with van der Waals surface area (Å²) in [5.74, 6) is 1.86. The lowest BCUT2D eigenvalue weighted by molar-refractivity contribution is 0.954. The molecule has 0 aliphatic heterocycles. The maximum absolute atomic E-state index is 5.14. The summed E-state index contributed by atoms with van der Waals surface area (Å²) in [5.41, 5.74) is 7.48. The molecule has 0 atom stereocenters. The summed E-state index contributed by atoms with van der Waals surface area (Å²) in [4.78, 5) is 15.2. The third-order valence-corrected chi connectivity index (χ3v) is 10.3. The molecule has 5 nitrogen and oxygen atoms in total. The fourth-order valence-electron chi connectivity index (χ4n) is 7.89. The quantitative estimate of drug-likeness (QED) is 0.188. The van der Waals surface area contributed by atoms with Crippen molar-refractivity contribution in [3.05, 3.63) is 176 Å². The Morgan fingerprint density at radius 1 is 0.308 bits per heavy atom. The van der Waals surface area contributed by atoms with Crippen LogP contribution in [-0.2, 0) is 0 Å². The molecule has 0 bridgehead atoms. The van der Waals surface area contributed by atoms with Gasteiger partial charge < -0.3 is 4.57 Å². The largest absolute Gasteiger partial charge is 0.309 e. The van der Waals surface area contributed by atoms with Crippen LogP contribution in [0.15, 0.2) is 176 Å². The molecule has 5 heteroatoms. The predicted octanol–water partition coefficient (Wildman–Crippen LogP) is 11.7. The van der Waals surface area contributed by atoms with Crippen LogP contribution in [0.2, 0.25) is 0 Å². The topological polar surface area (TPSA) is 48.5 Å². The second-order valence-corrected chi connectivity index (χ2v) is 13.3. The molecule has 0 aliphatic rings. The van der Waals surface area contributed by atoms with Gasteiger partial charge in [0.05, 0.1) is 22.1 Å². The van der Waals surface area contributed by atoms with E-state index in [4.69, 9.17) is 15.0 Å². The summed E-state index contributed by atoms with van der Waals surface area (Å²) in [6, 6.07) is 62.2. The number of aromatic nitrogens is 5. The number of hydrogen-bond acceptors (Lipinski definition) is 3. The molecule has 11 aromatic rings. The SMILES string of the molecule is c1ccc(-c2nc(-c3ccccc3)nc(-n3c4ccccc4c4cc5ccc(-n6c7ccccc7c7cc8ccccc8cc76)cc5cc43)n2)cc1. The van der Waals surface area contributed by atoms with Crippen molar-refractivity contribution in [3.63, 3.8) is 0 Å². The molecule has 0 aliphatic carbocycles. The first-order chi connectivity index (χ1) is 25.8. The molecular weight excluding hydrogens is 635 g/mol. The normalized spacial score (nSPS) is 11.8. The Labute approximate surface area is 298 Å². The van der Waals surface area contributed by atoms with E-state index >= 15 is 0 Å². The molecule has 0 saturated heterocycles. The molecule has 0 saturated carbocycles. The second-order valence-electron chi connectivity index (χ2n) is 13.3. The van der Waals surface area contributed by atoms with Gasteiger partial charge >= 0.3 is 0 Å². The molecule has 8 aromatic carbocycles. The summed E-state index contributed by atoms with van der Waals surface area (Å²) < 4.78 is 4.60. The average molecular weight is 664 g/mol. The third-order valence-electron chi connectivity index (χ3n) is 10.3. The van der Waals surface area contributed by atoms with Gasteiger partial charge in [-0.25, -0.2) is 4.98 Å². The zero-order chi connectivity index (χ0) is 34.2. The van der Waals surface area contributed by atoms with E-state index < -0.39 is 0 Å². The molecule has 52 heavy (non-hydrogen) atoms. The minimum atomic E-state index is 0.587. The summed E-state index contributed by atoms with van der Waals surface area (Å²) in [6.45, 7) is 0. The molecule has 0 fully saturated rings. The minimum Gasteiger partial charge on any atom is -0.309 e. The Balaban J connectivity index is 1.18. The first kappa shape index (κ1) is 28.7. The van der Waals surface area contributed by atoms with Crippen molar-refractivity contribution in [3.8, 4) is 34.4 Å². The highest BCUT2D eigenvalue weighted by Crippen LogP contribution is 2.38. The van der Waals surface area contributed by atoms with Crippen molar-refractivity contribution in [2.24, 2.45) is 0 Å². The third kappa shape index (κ3) is 4.39. The molecular formula is C47H29N5. The van der Waals surface area contributed by atoms with E-state index in [1.54, 1.807) is 0 Å². The van der Waals surface area contributed by atoms with Gasteiger partial charge in [0.25, 0.3) is 0 Å². The van der Waals surface area contributed by atoms with E-state index in [0.29, 0.717) is 17.6 Å². The highest BCUT2D eigenvalue weighted by molar-refractivity contribution is 6.15. The van der Waals surface area contributed by atoms with Crippen LogP contribution in [0, 0.1) is 0 Å². The van der Waals surface area contributed by atoms with Crippen molar-refractivity contribution in [1.82, 2.24) is 24.1 Å². The van der Waals surface area contributed by atoms with Crippen LogP contribution in [0.25, 0.3) is 99.6 Å². The number of nitrogens with zero attached hydrogens (tertiary/aromatic N) is 5. The first-order valence-corrected chi connectivity index (χ1v) is 17.5. The molecule has 0 unspecified atom stereocenters.